The number of ether oxygens (including phenoxy) is 1. The van der Waals surface area contributed by atoms with Gasteiger partial charge >= 0.3 is 0 Å². The number of carbonyl (C=O) groups is 1. The Morgan fingerprint density at radius 2 is 1.71 bits per heavy atom. The number of unbranched alkanes of at least 4 members (excludes halogenated alkanes) is 2. The summed E-state index contributed by atoms with van der Waals surface area (Å²) in [6, 6.07) is 13.2. The molecular weight excluding hydrogens is 392 g/mol. The number of hydrogen-bond acceptors (Lipinski definition) is 6. The molecule has 0 saturated carbocycles. The van der Waals surface area contributed by atoms with Crippen LogP contribution in [0.4, 0.5) is 5.82 Å². The molecule has 1 saturated heterocycles. The lowest BCUT2D eigenvalue weighted by molar-refractivity contribution is 0.0746. The number of hydrogen-bond donors (Lipinski definition) is 0. The third kappa shape index (κ3) is 5.20. The van der Waals surface area contributed by atoms with Crippen molar-refractivity contribution in [1.82, 2.24) is 24.9 Å². The molecule has 0 radical (unpaired) electrons. The fourth-order valence-electron chi connectivity index (χ4n) is 3.57. The van der Waals surface area contributed by atoms with Crippen LogP contribution in [0.1, 0.15) is 36.5 Å². The number of carbonyl (C=O) groups excluding carboxylic acids is 1. The van der Waals surface area contributed by atoms with E-state index in [4.69, 9.17) is 4.74 Å². The zero-order chi connectivity index (χ0) is 21.5. The Hall–Kier alpha value is -3.42. The molecule has 0 bridgehead atoms. The number of anilines is 1. The molecule has 0 aliphatic carbocycles. The van der Waals surface area contributed by atoms with Gasteiger partial charge in [-0.25, -0.2) is 4.68 Å². The predicted octanol–water partition coefficient (Wildman–Crippen LogP) is 3.19. The molecule has 1 fully saturated rings. The molecule has 8 nitrogen and oxygen atoms in total. The number of amides is 1. The van der Waals surface area contributed by atoms with Gasteiger partial charge in [0.1, 0.15) is 5.75 Å². The van der Waals surface area contributed by atoms with Crippen LogP contribution in [0.25, 0.3) is 5.82 Å². The number of nitrogens with zero attached hydrogens (tertiary/aromatic N) is 6. The summed E-state index contributed by atoms with van der Waals surface area (Å²) >= 11 is 0. The quantitative estimate of drug-likeness (QED) is 0.521. The van der Waals surface area contributed by atoms with E-state index in [0.717, 1.165) is 37.7 Å². The van der Waals surface area contributed by atoms with E-state index in [1.54, 1.807) is 10.9 Å². The molecule has 162 valence electrons. The first-order chi connectivity index (χ1) is 15.2. The van der Waals surface area contributed by atoms with Crippen LogP contribution in [0.15, 0.2) is 54.9 Å². The van der Waals surface area contributed by atoms with Gasteiger partial charge in [-0.05, 0) is 48.9 Å². The van der Waals surface area contributed by atoms with Gasteiger partial charge in [-0.15, -0.1) is 10.2 Å². The topological polar surface area (TPSA) is 76.4 Å². The van der Waals surface area contributed by atoms with Crippen LogP contribution in [-0.4, -0.2) is 63.6 Å². The van der Waals surface area contributed by atoms with Gasteiger partial charge in [-0.3, -0.25) is 4.79 Å². The number of aromatic nitrogens is 4. The van der Waals surface area contributed by atoms with Gasteiger partial charge in [0.25, 0.3) is 5.91 Å². The molecule has 2 aromatic heterocycles. The fraction of sp³-hybridized carbons (Fsp3) is 0.391. The molecule has 8 heteroatoms. The van der Waals surface area contributed by atoms with Gasteiger partial charge in [0, 0.05) is 44.1 Å². The van der Waals surface area contributed by atoms with E-state index in [1.807, 2.05) is 53.6 Å². The summed E-state index contributed by atoms with van der Waals surface area (Å²) < 4.78 is 7.41. The lowest BCUT2D eigenvalue weighted by Crippen LogP contribution is -2.49. The van der Waals surface area contributed by atoms with E-state index < -0.39 is 0 Å². The van der Waals surface area contributed by atoms with Crippen molar-refractivity contribution in [3.05, 3.63) is 60.4 Å². The van der Waals surface area contributed by atoms with Crippen LogP contribution in [0, 0.1) is 0 Å². The summed E-state index contributed by atoms with van der Waals surface area (Å²) in [5.74, 6) is 2.36. The van der Waals surface area contributed by atoms with Gasteiger partial charge in [-0.1, -0.05) is 19.8 Å². The average Bonchev–Trinajstić information content (AvgIpc) is 3.37. The summed E-state index contributed by atoms with van der Waals surface area (Å²) in [5.41, 5.74) is 0.692. The van der Waals surface area contributed by atoms with Crippen molar-refractivity contribution in [3.63, 3.8) is 0 Å². The summed E-state index contributed by atoms with van der Waals surface area (Å²) in [5, 5.41) is 12.7. The monoisotopic (exact) mass is 420 g/mol. The van der Waals surface area contributed by atoms with Crippen LogP contribution in [0.3, 0.4) is 0 Å². The lowest BCUT2D eigenvalue weighted by atomic mass is 10.1. The van der Waals surface area contributed by atoms with Crippen LogP contribution >= 0.6 is 0 Å². The third-order valence-corrected chi connectivity index (χ3v) is 5.38. The molecule has 0 N–H and O–H groups in total. The van der Waals surface area contributed by atoms with Gasteiger partial charge in [0.05, 0.1) is 6.61 Å². The van der Waals surface area contributed by atoms with Crippen LogP contribution in [0.2, 0.25) is 0 Å². The van der Waals surface area contributed by atoms with Gasteiger partial charge < -0.3 is 14.5 Å². The Morgan fingerprint density at radius 1 is 0.968 bits per heavy atom. The van der Waals surface area contributed by atoms with E-state index >= 15 is 0 Å². The third-order valence-electron chi connectivity index (χ3n) is 5.38. The maximum Gasteiger partial charge on any atom is 0.253 e. The lowest BCUT2D eigenvalue weighted by Gasteiger charge is -2.35. The Morgan fingerprint density at radius 3 is 2.35 bits per heavy atom. The van der Waals surface area contributed by atoms with E-state index in [1.165, 1.54) is 12.8 Å². The summed E-state index contributed by atoms with van der Waals surface area (Å²) in [4.78, 5) is 16.9. The predicted molar refractivity (Wildman–Crippen MR) is 119 cm³/mol. The van der Waals surface area contributed by atoms with Crippen molar-refractivity contribution in [3.8, 4) is 11.6 Å². The first kappa shape index (κ1) is 20.8. The molecule has 1 aliphatic heterocycles. The summed E-state index contributed by atoms with van der Waals surface area (Å²) in [6.07, 6.45) is 6.94. The Bertz CT molecular complexity index is 949. The van der Waals surface area contributed by atoms with Crippen LogP contribution < -0.4 is 9.64 Å². The standard InChI is InChI=1S/C23H28N6O2/c1-2-3-4-18-31-20-8-6-19(7-9-20)23(30)28-16-14-27(15-17-28)21-10-11-22(26-25-21)29-13-5-12-24-29/h5-13H,2-4,14-18H2,1H3. The number of piperazine rings is 1. The van der Waals surface area contributed by atoms with E-state index in [0.29, 0.717) is 24.5 Å². The SMILES string of the molecule is CCCCCOc1ccc(C(=O)N2CCN(c3ccc(-n4cccn4)nn3)CC2)cc1. The molecule has 0 atom stereocenters. The first-order valence-electron chi connectivity index (χ1n) is 10.9. The molecule has 0 unspecified atom stereocenters. The van der Waals surface area contributed by atoms with Gasteiger partial charge in [0.15, 0.2) is 11.6 Å². The van der Waals surface area contributed by atoms with Crippen molar-refractivity contribution in [2.24, 2.45) is 0 Å². The maximum absolute atomic E-state index is 12.9. The van der Waals surface area contributed by atoms with Crippen molar-refractivity contribution in [1.29, 1.82) is 0 Å². The van der Waals surface area contributed by atoms with Gasteiger partial charge in [0.2, 0.25) is 0 Å². The second-order valence-corrected chi connectivity index (χ2v) is 7.56. The van der Waals surface area contributed by atoms with Crippen molar-refractivity contribution < 1.29 is 9.53 Å². The van der Waals surface area contributed by atoms with E-state index in [9.17, 15) is 4.79 Å². The molecule has 1 amide bonds. The van der Waals surface area contributed by atoms with E-state index in [2.05, 4.69) is 27.1 Å². The summed E-state index contributed by atoms with van der Waals surface area (Å²) in [7, 11) is 0. The molecule has 3 heterocycles. The first-order valence-corrected chi connectivity index (χ1v) is 10.9. The Kier molecular flexibility index (Phi) is 6.76. The smallest absolute Gasteiger partial charge is 0.253 e. The molecule has 1 aliphatic rings. The van der Waals surface area contributed by atoms with Crippen LogP contribution in [-0.2, 0) is 0 Å². The fourth-order valence-corrected chi connectivity index (χ4v) is 3.57. The molecule has 0 spiro atoms. The molecule has 31 heavy (non-hydrogen) atoms. The second kappa shape index (κ2) is 10.1. The molecule has 1 aromatic carbocycles. The molecule has 4 rings (SSSR count). The van der Waals surface area contributed by atoms with Gasteiger partial charge in [-0.2, -0.15) is 5.10 Å². The highest BCUT2D eigenvalue weighted by Gasteiger charge is 2.23. The van der Waals surface area contributed by atoms with E-state index in [-0.39, 0.29) is 5.91 Å². The largest absolute Gasteiger partial charge is 0.494 e. The minimum absolute atomic E-state index is 0.0531. The van der Waals surface area contributed by atoms with Crippen molar-refractivity contribution in [2.45, 2.75) is 26.2 Å². The normalized spacial score (nSPS) is 14.0. The molecule has 3 aromatic rings. The average molecular weight is 421 g/mol. The zero-order valence-electron chi connectivity index (χ0n) is 17.9. The minimum Gasteiger partial charge on any atom is -0.494 e. The van der Waals surface area contributed by atoms with Crippen molar-refractivity contribution >= 4 is 11.7 Å². The highest BCUT2D eigenvalue weighted by atomic mass is 16.5. The highest BCUT2D eigenvalue weighted by Crippen LogP contribution is 2.18. The highest BCUT2D eigenvalue weighted by molar-refractivity contribution is 5.94. The summed E-state index contributed by atoms with van der Waals surface area (Å²) in [6.45, 7) is 5.63. The second-order valence-electron chi connectivity index (χ2n) is 7.56. The van der Waals surface area contributed by atoms with Crippen LogP contribution in [0.5, 0.6) is 5.75 Å². The zero-order valence-corrected chi connectivity index (χ0v) is 17.9. The number of rotatable bonds is 8. The minimum atomic E-state index is 0.0531. The molecular formula is C23H28N6O2. The maximum atomic E-state index is 12.9. The van der Waals surface area contributed by atoms with Crippen molar-refractivity contribution in [2.75, 3.05) is 37.7 Å². The Balaban J connectivity index is 1.28. The number of benzene rings is 1. The Labute approximate surface area is 182 Å².